The summed E-state index contributed by atoms with van der Waals surface area (Å²) in [7, 11) is -3.75. The van der Waals surface area contributed by atoms with Crippen LogP contribution >= 0.6 is 0 Å². The van der Waals surface area contributed by atoms with Crippen molar-refractivity contribution in [2.45, 2.75) is 4.90 Å². The van der Waals surface area contributed by atoms with Gasteiger partial charge in [0, 0.05) is 12.2 Å². The van der Waals surface area contributed by atoms with E-state index in [1.807, 2.05) is 0 Å². The molecule has 0 radical (unpaired) electrons. The van der Waals surface area contributed by atoms with E-state index in [0.717, 1.165) is 0 Å². The Balaban J connectivity index is 2.36. The molecule has 0 atom stereocenters. The SMILES string of the molecule is NS(=O)(=O)c1cccc(N2CCOCC2=O)c1. The standard InChI is InChI=1S/C10H12N2O4S/c11-17(14,15)9-3-1-2-8(6-9)12-4-5-16-7-10(12)13/h1-3,6H,4-5,7H2,(H2,11,14,15). The van der Waals surface area contributed by atoms with E-state index in [0.29, 0.717) is 18.8 Å². The fourth-order valence-corrected chi connectivity index (χ4v) is 2.17. The predicted octanol–water partition coefficient (Wildman–Crippen LogP) is -0.303. The number of rotatable bonds is 2. The molecule has 2 N–H and O–H groups in total. The Morgan fingerprint density at radius 2 is 2.12 bits per heavy atom. The fourth-order valence-electron chi connectivity index (χ4n) is 1.62. The third-order valence-electron chi connectivity index (χ3n) is 2.44. The lowest BCUT2D eigenvalue weighted by Gasteiger charge is -2.27. The van der Waals surface area contributed by atoms with Gasteiger partial charge in [-0.1, -0.05) is 6.07 Å². The number of primary sulfonamides is 1. The van der Waals surface area contributed by atoms with E-state index in [9.17, 15) is 13.2 Å². The van der Waals surface area contributed by atoms with Crippen molar-refractivity contribution in [1.29, 1.82) is 0 Å². The Labute approximate surface area is 99.0 Å². The number of anilines is 1. The zero-order valence-electron chi connectivity index (χ0n) is 9.00. The average Bonchev–Trinajstić information content (AvgIpc) is 2.29. The number of amides is 1. The van der Waals surface area contributed by atoms with Gasteiger partial charge < -0.3 is 9.64 Å². The van der Waals surface area contributed by atoms with Crippen molar-refractivity contribution in [3.63, 3.8) is 0 Å². The van der Waals surface area contributed by atoms with Crippen LogP contribution in [0.4, 0.5) is 5.69 Å². The van der Waals surface area contributed by atoms with Gasteiger partial charge in [-0.25, -0.2) is 13.6 Å². The molecule has 1 amide bonds. The molecule has 1 saturated heterocycles. The van der Waals surface area contributed by atoms with Gasteiger partial charge in [0.2, 0.25) is 10.0 Å². The van der Waals surface area contributed by atoms with Crippen LogP contribution in [0.3, 0.4) is 0 Å². The molecule has 1 aliphatic rings. The lowest BCUT2D eigenvalue weighted by molar-refractivity contribution is -0.125. The van der Waals surface area contributed by atoms with Crippen LogP contribution in [0.2, 0.25) is 0 Å². The number of ether oxygens (including phenoxy) is 1. The topological polar surface area (TPSA) is 89.7 Å². The minimum Gasteiger partial charge on any atom is -0.370 e. The predicted molar refractivity (Wildman–Crippen MR) is 61.0 cm³/mol. The molecule has 0 aromatic heterocycles. The summed E-state index contributed by atoms with van der Waals surface area (Å²) in [5.74, 6) is -0.192. The van der Waals surface area contributed by atoms with Crippen molar-refractivity contribution in [3.05, 3.63) is 24.3 Å². The van der Waals surface area contributed by atoms with Gasteiger partial charge in [-0.2, -0.15) is 0 Å². The number of hydrogen-bond donors (Lipinski definition) is 1. The number of carbonyl (C=O) groups is 1. The molecule has 1 aliphatic heterocycles. The average molecular weight is 256 g/mol. The van der Waals surface area contributed by atoms with E-state index in [1.54, 1.807) is 12.1 Å². The highest BCUT2D eigenvalue weighted by Gasteiger charge is 2.21. The maximum Gasteiger partial charge on any atom is 0.253 e. The summed E-state index contributed by atoms with van der Waals surface area (Å²) in [6, 6.07) is 6.00. The second-order valence-corrected chi connectivity index (χ2v) is 5.20. The van der Waals surface area contributed by atoms with Crippen LogP contribution in [0.15, 0.2) is 29.2 Å². The van der Waals surface area contributed by atoms with Crippen LogP contribution in [-0.2, 0) is 19.6 Å². The van der Waals surface area contributed by atoms with E-state index in [2.05, 4.69) is 0 Å². The molecule has 0 aliphatic carbocycles. The molecule has 6 nitrogen and oxygen atoms in total. The first-order valence-corrected chi connectivity index (χ1v) is 6.54. The van der Waals surface area contributed by atoms with Gasteiger partial charge >= 0.3 is 0 Å². The summed E-state index contributed by atoms with van der Waals surface area (Å²) < 4.78 is 27.4. The van der Waals surface area contributed by atoms with Crippen molar-refractivity contribution in [2.75, 3.05) is 24.7 Å². The first kappa shape index (κ1) is 12.0. The van der Waals surface area contributed by atoms with Gasteiger partial charge in [-0.05, 0) is 18.2 Å². The Morgan fingerprint density at radius 3 is 2.76 bits per heavy atom. The number of sulfonamides is 1. The second-order valence-electron chi connectivity index (χ2n) is 3.64. The Kier molecular flexibility index (Phi) is 3.14. The molecule has 92 valence electrons. The quantitative estimate of drug-likeness (QED) is 0.786. The summed E-state index contributed by atoms with van der Waals surface area (Å²) in [5, 5.41) is 5.03. The van der Waals surface area contributed by atoms with Gasteiger partial charge in [0.05, 0.1) is 11.5 Å². The van der Waals surface area contributed by atoms with E-state index >= 15 is 0 Å². The van der Waals surface area contributed by atoms with Crippen LogP contribution in [0.1, 0.15) is 0 Å². The van der Waals surface area contributed by atoms with Crippen molar-refractivity contribution in [2.24, 2.45) is 5.14 Å². The van der Waals surface area contributed by atoms with E-state index in [1.165, 1.54) is 17.0 Å². The molecule has 1 fully saturated rings. The highest BCUT2D eigenvalue weighted by molar-refractivity contribution is 7.89. The van der Waals surface area contributed by atoms with Crippen molar-refractivity contribution < 1.29 is 17.9 Å². The normalized spacial score (nSPS) is 17.2. The lowest BCUT2D eigenvalue weighted by atomic mass is 10.2. The third-order valence-corrected chi connectivity index (χ3v) is 3.35. The maximum atomic E-state index is 11.6. The smallest absolute Gasteiger partial charge is 0.253 e. The molecule has 0 bridgehead atoms. The zero-order valence-corrected chi connectivity index (χ0v) is 9.81. The van der Waals surface area contributed by atoms with Gasteiger partial charge in [0.1, 0.15) is 6.61 Å². The number of carbonyl (C=O) groups excluding carboxylic acids is 1. The molecule has 1 aromatic carbocycles. The summed E-state index contributed by atoms with van der Waals surface area (Å²) in [4.78, 5) is 13.1. The first-order chi connectivity index (χ1) is 7.98. The monoisotopic (exact) mass is 256 g/mol. The first-order valence-electron chi connectivity index (χ1n) is 4.99. The maximum absolute atomic E-state index is 11.6. The van der Waals surface area contributed by atoms with Gasteiger partial charge in [-0.3, -0.25) is 4.79 Å². The van der Waals surface area contributed by atoms with Gasteiger partial charge in [0.15, 0.2) is 0 Å². The van der Waals surface area contributed by atoms with Crippen LogP contribution in [0, 0.1) is 0 Å². The Hall–Kier alpha value is -1.44. The van der Waals surface area contributed by atoms with E-state index < -0.39 is 10.0 Å². The van der Waals surface area contributed by atoms with Crippen molar-refractivity contribution in [3.8, 4) is 0 Å². The Bertz CT molecular complexity index is 541. The molecule has 0 unspecified atom stereocenters. The molecule has 0 spiro atoms. The number of nitrogens with two attached hydrogens (primary N) is 1. The fraction of sp³-hybridized carbons (Fsp3) is 0.300. The summed E-state index contributed by atoms with van der Waals surface area (Å²) in [5.41, 5.74) is 0.518. The minimum atomic E-state index is -3.75. The summed E-state index contributed by atoms with van der Waals surface area (Å²) in [6.45, 7) is 0.859. The van der Waals surface area contributed by atoms with Crippen LogP contribution in [0.5, 0.6) is 0 Å². The summed E-state index contributed by atoms with van der Waals surface area (Å²) >= 11 is 0. The molecule has 1 aromatic rings. The molecular weight excluding hydrogens is 244 g/mol. The summed E-state index contributed by atoms with van der Waals surface area (Å²) in [6.07, 6.45) is 0. The number of benzene rings is 1. The largest absolute Gasteiger partial charge is 0.370 e. The van der Waals surface area contributed by atoms with Gasteiger partial charge in [0.25, 0.3) is 5.91 Å². The van der Waals surface area contributed by atoms with Crippen LogP contribution in [-0.4, -0.2) is 34.1 Å². The highest BCUT2D eigenvalue weighted by Crippen LogP contribution is 2.20. The number of hydrogen-bond acceptors (Lipinski definition) is 4. The lowest BCUT2D eigenvalue weighted by Crippen LogP contribution is -2.41. The molecular formula is C10H12N2O4S. The van der Waals surface area contributed by atoms with Crippen LogP contribution < -0.4 is 10.0 Å². The molecule has 17 heavy (non-hydrogen) atoms. The third kappa shape index (κ3) is 2.63. The minimum absolute atomic E-state index is 0.00529. The van der Waals surface area contributed by atoms with Crippen molar-refractivity contribution in [1.82, 2.24) is 0 Å². The van der Waals surface area contributed by atoms with Crippen LogP contribution in [0.25, 0.3) is 0 Å². The number of morpholine rings is 1. The van der Waals surface area contributed by atoms with E-state index in [-0.39, 0.29) is 17.4 Å². The van der Waals surface area contributed by atoms with Crippen molar-refractivity contribution >= 4 is 21.6 Å². The van der Waals surface area contributed by atoms with E-state index in [4.69, 9.17) is 9.88 Å². The highest BCUT2D eigenvalue weighted by atomic mass is 32.2. The molecule has 1 heterocycles. The zero-order chi connectivity index (χ0) is 12.5. The molecule has 0 saturated carbocycles. The van der Waals surface area contributed by atoms with Gasteiger partial charge in [-0.15, -0.1) is 0 Å². The molecule has 2 rings (SSSR count). The molecule has 7 heteroatoms. The number of nitrogens with zero attached hydrogens (tertiary/aromatic N) is 1. The second kappa shape index (κ2) is 4.44. The Morgan fingerprint density at radius 1 is 1.35 bits per heavy atom.